The molecule has 0 aliphatic carbocycles. The minimum absolute atomic E-state index is 0.376. The molecule has 1 unspecified atom stereocenters. The number of anilines is 4. The Labute approximate surface area is 147 Å². The molecule has 0 amide bonds. The van der Waals surface area contributed by atoms with Crippen molar-refractivity contribution in [2.24, 2.45) is 0 Å². The van der Waals surface area contributed by atoms with Crippen LogP contribution in [-0.4, -0.2) is 23.1 Å². The van der Waals surface area contributed by atoms with E-state index in [9.17, 15) is 0 Å². The second kappa shape index (κ2) is 6.43. The van der Waals surface area contributed by atoms with Crippen LogP contribution in [0.4, 0.5) is 23.0 Å². The topological polar surface area (TPSA) is 50.3 Å². The highest BCUT2D eigenvalue weighted by molar-refractivity contribution is 5.71. The molecule has 0 fully saturated rings. The van der Waals surface area contributed by atoms with Gasteiger partial charge in [-0.25, -0.2) is 9.97 Å². The molecule has 126 valence electrons. The molecule has 1 aliphatic heterocycles. The number of ether oxygens (including phenoxy) is 1. The van der Waals surface area contributed by atoms with E-state index in [4.69, 9.17) is 4.74 Å². The van der Waals surface area contributed by atoms with Gasteiger partial charge in [0.15, 0.2) is 0 Å². The van der Waals surface area contributed by atoms with Crippen LogP contribution in [0.5, 0.6) is 5.75 Å². The van der Waals surface area contributed by atoms with Gasteiger partial charge in [-0.1, -0.05) is 18.2 Å². The zero-order chi connectivity index (χ0) is 17.2. The molecule has 25 heavy (non-hydrogen) atoms. The van der Waals surface area contributed by atoms with E-state index in [-0.39, 0.29) is 0 Å². The summed E-state index contributed by atoms with van der Waals surface area (Å²) in [6.07, 6.45) is 2.64. The smallest absolute Gasteiger partial charge is 0.138 e. The van der Waals surface area contributed by atoms with Crippen LogP contribution in [0.15, 0.2) is 60.9 Å². The highest BCUT2D eigenvalue weighted by Crippen LogP contribution is 2.37. The molecule has 2 aromatic carbocycles. The Bertz CT molecular complexity index is 879. The normalized spacial score (nSPS) is 15.8. The Hall–Kier alpha value is -3.08. The lowest BCUT2D eigenvalue weighted by atomic mass is 10.1. The summed E-state index contributed by atoms with van der Waals surface area (Å²) in [5.74, 6) is 2.51. The van der Waals surface area contributed by atoms with Gasteiger partial charge in [-0.2, -0.15) is 0 Å². The number of fused-ring (bicyclic) bond motifs is 1. The number of hydrogen-bond acceptors (Lipinski definition) is 5. The van der Waals surface area contributed by atoms with E-state index in [1.165, 1.54) is 11.3 Å². The fourth-order valence-corrected chi connectivity index (χ4v) is 3.28. The minimum Gasteiger partial charge on any atom is -0.497 e. The number of para-hydroxylation sites is 1. The molecule has 4 rings (SSSR count). The summed E-state index contributed by atoms with van der Waals surface area (Å²) in [4.78, 5) is 11.1. The maximum absolute atomic E-state index is 5.19. The SMILES string of the molecule is COc1ccc(Nc2cc(N3c4ccccc4CC3C)ncn2)cc1. The van der Waals surface area contributed by atoms with Crippen molar-refractivity contribution in [1.82, 2.24) is 9.97 Å². The lowest BCUT2D eigenvalue weighted by Crippen LogP contribution is -2.24. The number of rotatable bonds is 4. The predicted octanol–water partition coefficient (Wildman–Crippen LogP) is 4.31. The molecule has 1 aliphatic rings. The second-order valence-electron chi connectivity index (χ2n) is 6.17. The summed E-state index contributed by atoms with van der Waals surface area (Å²) in [6, 6.07) is 18.6. The van der Waals surface area contributed by atoms with Crippen LogP contribution in [0.1, 0.15) is 12.5 Å². The quantitative estimate of drug-likeness (QED) is 0.771. The van der Waals surface area contributed by atoms with Crippen LogP contribution in [0.25, 0.3) is 0 Å². The van der Waals surface area contributed by atoms with E-state index in [1.54, 1.807) is 13.4 Å². The van der Waals surface area contributed by atoms with E-state index in [1.807, 2.05) is 30.3 Å². The maximum atomic E-state index is 5.19. The first kappa shape index (κ1) is 15.4. The van der Waals surface area contributed by atoms with Gasteiger partial charge in [-0.15, -0.1) is 0 Å². The van der Waals surface area contributed by atoms with E-state index in [2.05, 4.69) is 51.4 Å². The van der Waals surface area contributed by atoms with Gasteiger partial charge in [-0.05, 0) is 49.2 Å². The molecule has 0 saturated heterocycles. The summed E-state index contributed by atoms with van der Waals surface area (Å²) >= 11 is 0. The molecular formula is C20H20N4O. The highest BCUT2D eigenvalue weighted by Gasteiger charge is 2.27. The van der Waals surface area contributed by atoms with Gasteiger partial charge in [0, 0.05) is 23.5 Å². The predicted molar refractivity (Wildman–Crippen MR) is 100 cm³/mol. The number of benzene rings is 2. The molecule has 5 heteroatoms. The van der Waals surface area contributed by atoms with Crippen LogP contribution in [0.3, 0.4) is 0 Å². The van der Waals surface area contributed by atoms with E-state index in [0.717, 1.165) is 29.5 Å². The monoisotopic (exact) mass is 332 g/mol. The van der Waals surface area contributed by atoms with Gasteiger partial charge in [0.25, 0.3) is 0 Å². The lowest BCUT2D eigenvalue weighted by Gasteiger charge is -2.24. The molecule has 2 heterocycles. The molecule has 0 spiro atoms. The zero-order valence-electron chi connectivity index (χ0n) is 14.3. The third-order valence-electron chi connectivity index (χ3n) is 4.47. The summed E-state index contributed by atoms with van der Waals surface area (Å²) in [5, 5.41) is 3.32. The summed E-state index contributed by atoms with van der Waals surface area (Å²) < 4.78 is 5.19. The van der Waals surface area contributed by atoms with Gasteiger partial charge in [0.2, 0.25) is 0 Å². The largest absolute Gasteiger partial charge is 0.497 e. The third-order valence-corrected chi connectivity index (χ3v) is 4.47. The number of nitrogens with one attached hydrogen (secondary N) is 1. The molecule has 0 saturated carbocycles. The fourth-order valence-electron chi connectivity index (χ4n) is 3.28. The summed E-state index contributed by atoms with van der Waals surface area (Å²) in [7, 11) is 1.66. The summed E-state index contributed by atoms with van der Waals surface area (Å²) in [5.41, 5.74) is 3.54. The Morgan fingerprint density at radius 2 is 1.88 bits per heavy atom. The van der Waals surface area contributed by atoms with Crippen LogP contribution >= 0.6 is 0 Å². The van der Waals surface area contributed by atoms with Crippen molar-refractivity contribution in [2.75, 3.05) is 17.3 Å². The van der Waals surface area contributed by atoms with Crippen molar-refractivity contribution in [3.63, 3.8) is 0 Å². The first-order valence-electron chi connectivity index (χ1n) is 8.35. The minimum atomic E-state index is 0.376. The van der Waals surface area contributed by atoms with Gasteiger partial charge in [0.1, 0.15) is 23.7 Å². The van der Waals surface area contributed by atoms with Crippen molar-refractivity contribution < 1.29 is 4.74 Å². The van der Waals surface area contributed by atoms with Gasteiger partial charge in [-0.3, -0.25) is 0 Å². The number of aromatic nitrogens is 2. The van der Waals surface area contributed by atoms with Crippen LogP contribution in [-0.2, 0) is 6.42 Å². The maximum Gasteiger partial charge on any atom is 0.138 e. The average Bonchev–Trinajstić information content (AvgIpc) is 2.98. The second-order valence-corrected chi connectivity index (χ2v) is 6.17. The third kappa shape index (κ3) is 3.01. The fraction of sp³-hybridized carbons (Fsp3) is 0.200. The van der Waals surface area contributed by atoms with Crippen LogP contribution in [0, 0.1) is 0 Å². The van der Waals surface area contributed by atoms with Crippen molar-refractivity contribution >= 4 is 23.0 Å². The Morgan fingerprint density at radius 1 is 1.08 bits per heavy atom. The van der Waals surface area contributed by atoms with E-state index in [0.29, 0.717) is 6.04 Å². The van der Waals surface area contributed by atoms with E-state index < -0.39 is 0 Å². The lowest BCUT2D eigenvalue weighted by molar-refractivity contribution is 0.415. The van der Waals surface area contributed by atoms with Crippen molar-refractivity contribution in [3.8, 4) is 5.75 Å². The molecule has 5 nitrogen and oxygen atoms in total. The first-order chi connectivity index (χ1) is 12.2. The highest BCUT2D eigenvalue weighted by atomic mass is 16.5. The Kier molecular flexibility index (Phi) is 3.98. The molecule has 1 atom stereocenters. The molecule has 0 radical (unpaired) electrons. The van der Waals surface area contributed by atoms with Crippen molar-refractivity contribution in [2.45, 2.75) is 19.4 Å². The van der Waals surface area contributed by atoms with Gasteiger partial charge >= 0.3 is 0 Å². The number of methoxy groups -OCH3 is 1. The Morgan fingerprint density at radius 3 is 2.68 bits per heavy atom. The van der Waals surface area contributed by atoms with Crippen molar-refractivity contribution in [3.05, 3.63) is 66.5 Å². The molecule has 1 aromatic heterocycles. The average molecular weight is 332 g/mol. The molecule has 1 N–H and O–H groups in total. The molecule has 0 bridgehead atoms. The summed E-state index contributed by atoms with van der Waals surface area (Å²) in [6.45, 7) is 2.22. The van der Waals surface area contributed by atoms with Crippen LogP contribution < -0.4 is 15.0 Å². The van der Waals surface area contributed by atoms with Crippen LogP contribution in [0.2, 0.25) is 0 Å². The zero-order valence-corrected chi connectivity index (χ0v) is 14.3. The first-order valence-corrected chi connectivity index (χ1v) is 8.35. The Balaban J connectivity index is 1.61. The van der Waals surface area contributed by atoms with Gasteiger partial charge < -0.3 is 15.0 Å². The molecular weight excluding hydrogens is 312 g/mol. The molecule has 3 aromatic rings. The number of hydrogen-bond donors (Lipinski definition) is 1. The van der Waals surface area contributed by atoms with E-state index >= 15 is 0 Å². The van der Waals surface area contributed by atoms with Crippen molar-refractivity contribution in [1.29, 1.82) is 0 Å². The standard InChI is InChI=1S/C20H20N4O/c1-14-11-15-5-3-4-6-18(15)24(14)20-12-19(21-13-22-20)23-16-7-9-17(25-2)10-8-16/h3-10,12-14H,11H2,1-2H3,(H,21,22,23). The number of nitrogens with zero attached hydrogens (tertiary/aromatic N) is 3. The van der Waals surface area contributed by atoms with Gasteiger partial charge in [0.05, 0.1) is 7.11 Å².